The van der Waals surface area contributed by atoms with Gasteiger partial charge >= 0.3 is 0 Å². The Balaban J connectivity index is 1.27. The molecule has 0 amide bonds. The summed E-state index contributed by atoms with van der Waals surface area (Å²) in [4.78, 5) is 0. The molecule has 0 saturated carbocycles. The van der Waals surface area contributed by atoms with Gasteiger partial charge in [-0.15, -0.1) is 0 Å². The minimum atomic E-state index is -0.249. The highest BCUT2D eigenvalue weighted by Crippen LogP contribution is 2.66. The standard InChI is InChI=1S/C78H49F/c79-78-71(57-39-17-6-18-40-57)70(56-37-15-5-16-38-56)75-73-65(49-64(61-48-26-42-51-28-20-22-44-59(51)61)66(52-29-7-1-8-30-52)67(73)53-31-9-2-10-32-53)74-72(63-46-24-23-45-62(63)60-47-25-41-50-27-19-21-43-58(50)60)68(54-33-11-3-12-34-54)69(77(78)76(74)75)55-35-13-4-14-36-55/h1-49H. The molecule has 0 aromatic heterocycles. The third-order valence-corrected chi connectivity index (χ3v) is 16.3. The van der Waals surface area contributed by atoms with Crippen molar-refractivity contribution in [1.29, 1.82) is 0 Å². The van der Waals surface area contributed by atoms with Crippen LogP contribution in [0.25, 0.3) is 155 Å². The second-order valence-corrected chi connectivity index (χ2v) is 20.6. The van der Waals surface area contributed by atoms with Crippen molar-refractivity contribution in [3.8, 4) is 122 Å². The van der Waals surface area contributed by atoms with Crippen molar-refractivity contribution in [3.63, 3.8) is 0 Å². The molecule has 0 bridgehead atoms. The maximum Gasteiger partial charge on any atom is 0.140 e. The van der Waals surface area contributed by atoms with Crippen LogP contribution in [-0.2, 0) is 0 Å². The van der Waals surface area contributed by atoms with Crippen LogP contribution in [0.5, 0.6) is 0 Å². The zero-order valence-corrected chi connectivity index (χ0v) is 43.2. The molecule has 14 aromatic carbocycles. The van der Waals surface area contributed by atoms with E-state index < -0.39 is 0 Å². The molecule has 1 aliphatic rings. The molecule has 0 radical (unpaired) electrons. The van der Waals surface area contributed by atoms with Crippen LogP contribution in [0.3, 0.4) is 0 Å². The molecule has 15 rings (SSSR count). The Labute approximate surface area is 459 Å². The van der Waals surface area contributed by atoms with Crippen molar-refractivity contribution in [3.05, 3.63) is 303 Å². The summed E-state index contributed by atoms with van der Waals surface area (Å²) in [5, 5.41) is 6.16. The lowest BCUT2D eigenvalue weighted by molar-refractivity contribution is 0.644. The summed E-state index contributed by atoms with van der Waals surface area (Å²) < 4.78 is 20.1. The summed E-state index contributed by atoms with van der Waals surface area (Å²) in [6.45, 7) is 0. The van der Waals surface area contributed by atoms with E-state index in [0.717, 1.165) is 133 Å². The molecule has 368 valence electrons. The van der Waals surface area contributed by atoms with E-state index >= 15 is 4.39 Å². The molecule has 1 heteroatoms. The topological polar surface area (TPSA) is 0 Å². The molecule has 1 aliphatic carbocycles. The van der Waals surface area contributed by atoms with E-state index in [9.17, 15) is 0 Å². The molecule has 0 spiro atoms. The second-order valence-electron chi connectivity index (χ2n) is 20.6. The maximum absolute atomic E-state index is 20.1. The van der Waals surface area contributed by atoms with Gasteiger partial charge < -0.3 is 0 Å². The lowest BCUT2D eigenvalue weighted by atomic mass is 9.76. The highest BCUT2D eigenvalue weighted by molar-refractivity contribution is 6.33. The van der Waals surface area contributed by atoms with Crippen LogP contribution in [0.1, 0.15) is 0 Å². The fourth-order valence-electron chi connectivity index (χ4n) is 13.1. The Morgan fingerprint density at radius 1 is 0.177 bits per heavy atom. The zero-order valence-electron chi connectivity index (χ0n) is 43.2. The van der Waals surface area contributed by atoms with Gasteiger partial charge in [0.05, 0.1) is 0 Å². The van der Waals surface area contributed by atoms with E-state index in [1.165, 1.54) is 10.8 Å². The summed E-state index contributed by atoms with van der Waals surface area (Å²) in [5.41, 5.74) is 22.2. The maximum atomic E-state index is 20.1. The van der Waals surface area contributed by atoms with Crippen LogP contribution >= 0.6 is 0 Å². The molecule has 14 aromatic rings. The third-order valence-electron chi connectivity index (χ3n) is 16.3. The average molecular weight is 1010 g/mol. The molecule has 0 heterocycles. The van der Waals surface area contributed by atoms with Gasteiger partial charge in [-0.3, -0.25) is 0 Å². The van der Waals surface area contributed by atoms with Crippen molar-refractivity contribution in [2.24, 2.45) is 0 Å². The molecule has 0 nitrogen and oxygen atoms in total. The Bertz CT molecular complexity index is 4650. The fourth-order valence-corrected chi connectivity index (χ4v) is 13.1. The first-order chi connectivity index (χ1) is 39.2. The SMILES string of the molecule is Fc1c(-c2ccccc2)c(-c2ccccc2)c2c3c(c(-c4ccccc4-c4cccc5ccccc45)c(-c4ccccc4)c(-c4ccccc4)c13)-c1cc(-c3cccc4ccccc34)c(-c3ccccc3)c(-c3ccccc3)c1-2. The van der Waals surface area contributed by atoms with E-state index in [0.29, 0.717) is 10.9 Å². The number of halogens is 1. The molecule has 0 saturated heterocycles. The number of fused-ring (bicyclic) bond motifs is 5. The highest BCUT2D eigenvalue weighted by Gasteiger charge is 2.40. The first-order valence-electron chi connectivity index (χ1n) is 27.2. The van der Waals surface area contributed by atoms with Crippen LogP contribution in [-0.4, -0.2) is 0 Å². The predicted octanol–water partition coefficient (Wildman–Crippen LogP) is 21.9. The van der Waals surface area contributed by atoms with E-state index in [4.69, 9.17) is 0 Å². The number of hydrogen-bond donors (Lipinski definition) is 0. The summed E-state index contributed by atoms with van der Waals surface area (Å²) in [7, 11) is 0. The molecular weight excluding hydrogens is 956 g/mol. The Morgan fingerprint density at radius 3 is 1.01 bits per heavy atom. The Morgan fingerprint density at radius 2 is 0.519 bits per heavy atom. The molecule has 79 heavy (non-hydrogen) atoms. The van der Waals surface area contributed by atoms with Gasteiger partial charge in [0.1, 0.15) is 5.82 Å². The Kier molecular flexibility index (Phi) is 11.2. The summed E-state index contributed by atoms with van der Waals surface area (Å²) in [6.07, 6.45) is 0. The van der Waals surface area contributed by atoms with Crippen molar-refractivity contribution < 1.29 is 4.39 Å². The van der Waals surface area contributed by atoms with Crippen LogP contribution in [0.15, 0.2) is 297 Å². The van der Waals surface area contributed by atoms with Crippen molar-refractivity contribution >= 4 is 32.3 Å². The summed E-state index contributed by atoms with van der Waals surface area (Å²) in [6, 6.07) is 106. The molecule has 0 N–H and O–H groups in total. The van der Waals surface area contributed by atoms with Gasteiger partial charge in [0.2, 0.25) is 0 Å². The minimum Gasteiger partial charge on any atom is -0.206 e. The van der Waals surface area contributed by atoms with E-state index in [1.807, 2.05) is 18.2 Å². The first-order valence-corrected chi connectivity index (χ1v) is 27.2. The normalized spacial score (nSPS) is 11.6. The zero-order chi connectivity index (χ0) is 52.4. The average Bonchev–Trinajstić information content (AvgIpc) is 3.03. The van der Waals surface area contributed by atoms with Crippen molar-refractivity contribution in [2.75, 3.05) is 0 Å². The van der Waals surface area contributed by atoms with Crippen LogP contribution < -0.4 is 0 Å². The smallest absolute Gasteiger partial charge is 0.140 e. The van der Waals surface area contributed by atoms with Gasteiger partial charge in [0.15, 0.2) is 0 Å². The second kappa shape index (κ2) is 19.1. The lowest BCUT2D eigenvalue weighted by Gasteiger charge is -2.26. The van der Waals surface area contributed by atoms with Gasteiger partial charge in [-0.2, -0.15) is 0 Å². The fraction of sp³-hybridized carbons (Fsp3) is 0. The van der Waals surface area contributed by atoms with Gasteiger partial charge in [-0.1, -0.05) is 291 Å². The number of benzene rings is 14. The summed E-state index contributed by atoms with van der Waals surface area (Å²) in [5.74, 6) is -0.249. The molecule has 0 atom stereocenters. The van der Waals surface area contributed by atoms with Gasteiger partial charge in [-0.05, 0) is 128 Å². The van der Waals surface area contributed by atoms with Crippen molar-refractivity contribution in [2.45, 2.75) is 0 Å². The monoisotopic (exact) mass is 1000 g/mol. The quantitative estimate of drug-likeness (QED) is 0.135. The highest BCUT2D eigenvalue weighted by atomic mass is 19.1. The van der Waals surface area contributed by atoms with Crippen LogP contribution in [0, 0.1) is 5.82 Å². The number of rotatable bonds is 9. The van der Waals surface area contributed by atoms with E-state index in [2.05, 4.69) is 279 Å². The van der Waals surface area contributed by atoms with Gasteiger partial charge in [0, 0.05) is 33.0 Å². The Hall–Kier alpha value is -10.2. The van der Waals surface area contributed by atoms with E-state index in [-0.39, 0.29) is 5.82 Å². The van der Waals surface area contributed by atoms with E-state index in [1.54, 1.807) is 0 Å². The van der Waals surface area contributed by atoms with Crippen LogP contribution in [0.2, 0.25) is 0 Å². The minimum absolute atomic E-state index is 0.249. The lowest BCUT2D eigenvalue weighted by Crippen LogP contribution is -2.01. The first kappa shape index (κ1) is 46.1. The molecule has 0 unspecified atom stereocenters. The molecular formula is C78H49F. The van der Waals surface area contributed by atoms with Crippen LogP contribution in [0.4, 0.5) is 4.39 Å². The van der Waals surface area contributed by atoms with Crippen molar-refractivity contribution in [1.82, 2.24) is 0 Å². The molecule has 0 aliphatic heterocycles. The van der Waals surface area contributed by atoms with Gasteiger partial charge in [-0.25, -0.2) is 4.39 Å². The largest absolute Gasteiger partial charge is 0.206 e. The summed E-state index contributed by atoms with van der Waals surface area (Å²) >= 11 is 0. The number of hydrogen-bond acceptors (Lipinski definition) is 0. The molecule has 0 fully saturated rings. The predicted molar refractivity (Wildman–Crippen MR) is 332 cm³/mol. The van der Waals surface area contributed by atoms with Gasteiger partial charge in [0.25, 0.3) is 0 Å². The third kappa shape index (κ3) is 7.42.